The first kappa shape index (κ1) is 14.8. The van der Waals surface area contributed by atoms with E-state index in [1.54, 1.807) is 0 Å². The van der Waals surface area contributed by atoms with E-state index in [4.69, 9.17) is 5.73 Å². The van der Waals surface area contributed by atoms with Crippen LogP contribution in [0.3, 0.4) is 0 Å². The first-order valence-corrected chi connectivity index (χ1v) is 8.17. The van der Waals surface area contributed by atoms with E-state index in [9.17, 15) is 17.6 Å². The molecule has 20 heavy (non-hydrogen) atoms. The van der Waals surface area contributed by atoms with E-state index in [0.717, 1.165) is 0 Å². The summed E-state index contributed by atoms with van der Waals surface area (Å²) in [6, 6.07) is 2.50. The third-order valence-corrected chi connectivity index (χ3v) is 5.13. The van der Waals surface area contributed by atoms with Crippen LogP contribution in [0.1, 0.15) is 28.8 Å². The minimum Gasteiger partial charge on any atom is -0.399 e. The van der Waals surface area contributed by atoms with Gasteiger partial charge < -0.3 is 11.1 Å². The topological polar surface area (TPSA) is 89.3 Å². The van der Waals surface area contributed by atoms with Gasteiger partial charge >= 0.3 is 0 Å². The highest BCUT2D eigenvalue weighted by Crippen LogP contribution is 2.18. The number of hydrogen-bond acceptors (Lipinski definition) is 4. The summed E-state index contributed by atoms with van der Waals surface area (Å²) < 4.78 is 36.5. The molecule has 1 fully saturated rings. The average molecular weight is 300 g/mol. The van der Waals surface area contributed by atoms with Gasteiger partial charge in [0.05, 0.1) is 17.1 Å². The van der Waals surface area contributed by atoms with Crippen molar-refractivity contribution >= 4 is 21.4 Å². The molecule has 0 spiro atoms. The predicted octanol–water partition coefficient (Wildman–Crippen LogP) is 1.02. The van der Waals surface area contributed by atoms with Crippen LogP contribution in [0.4, 0.5) is 10.1 Å². The molecule has 0 unspecified atom stereocenters. The molecule has 1 aromatic rings. The van der Waals surface area contributed by atoms with E-state index < -0.39 is 21.6 Å². The van der Waals surface area contributed by atoms with E-state index in [1.807, 2.05) is 0 Å². The van der Waals surface area contributed by atoms with E-state index in [0.29, 0.717) is 24.1 Å². The molecule has 1 saturated heterocycles. The first-order chi connectivity index (χ1) is 9.28. The van der Waals surface area contributed by atoms with Crippen molar-refractivity contribution in [2.75, 3.05) is 17.2 Å². The van der Waals surface area contributed by atoms with Crippen LogP contribution in [-0.2, 0) is 9.84 Å². The molecule has 1 aromatic carbocycles. The van der Waals surface area contributed by atoms with E-state index >= 15 is 0 Å². The number of anilines is 1. The van der Waals surface area contributed by atoms with Gasteiger partial charge in [0.2, 0.25) is 0 Å². The second-order valence-corrected chi connectivity index (χ2v) is 7.40. The Hall–Kier alpha value is -1.63. The number of benzene rings is 1. The van der Waals surface area contributed by atoms with Crippen molar-refractivity contribution in [3.8, 4) is 0 Å². The third-order valence-electron chi connectivity index (χ3n) is 3.41. The highest BCUT2D eigenvalue weighted by atomic mass is 32.2. The minimum absolute atomic E-state index is 0.0520. The maximum absolute atomic E-state index is 13.9. The molecule has 0 atom stereocenters. The lowest BCUT2D eigenvalue weighted by molar-refractivity contribution is 0.0930. The lowest BCUT2D eigenvalue weighted by Crippen LogP contribution is -2.41. The second kappa shape index (κ2) is 5.40. The van der Waals surface area contributed by atoms with Crippen LogP contribution in [0.25, 0.3) is 0 Å². The Labute approximate surface area is 117 Å². The summed E-state index contributed by atoms with van der Waals surface area (Å²) in [5.41, 5.74) is 6.13. The van der Waals surface area contributed by atoms with Crippen LogP contribution in [-0.4, -0.2) is 31.9 Å². The van der Waals surface area contributed by atoms with Gasteiger partial charge in [-0.3, -0.25) is 4.79 Å². The van der Waals surface area contributed by atoms with Crippen molar-refractivity contribution < 1.29 is 17.6 Å². The van der Waals surface area contributed by atoms with Crippen molar-refractivity contribution in [2.24, 2.45) is 0 Å². The molecule has 3 N–H and O–H groups in total. The molecule has 1 aliphatic heterocycles. The number of carbonyl (C=O) groups excluding carboxylic acids is 1. The fraction of sp³-hybridized carbons (Fsp3) is 0.462. The highest BCUT2D eigenvalue weighted by molar-refractivity contribution is 7.91. The number of carbonyl (C=O) groups is 1. The number of rotatable bonds is 2. The van der Waals surface area contributed by atoms with Crippen molar-refractivity contribution in [3.63, 3.8) is 0 Å². The van der Waals surface area contributed by atoms with Gasteiger partial charge in [-0.15, -0.1) is 0 Å². The summed E-state index contributed by atoms with van der Waals surface area (Å²) in [5.74, 6) is -1.05. The van der Waals surface area contributed by atoms with Crippen LogP contribution in [0.5, 0.6) is 0 Å². The molecule has 1 amide bonds. The molecule has 0 radical (unpaired) electrons. The van der Waals surface area contributed by atoms with Gasteiger partial charge in [-0.2, -0.15) is 0 Å². The lowest BCUT2D eigenvalue weighted by Gasteiger charge is -2.23. The first-order valence-electron chi connectivity index (χ1n) is 6.35. The van der Waals surface area contributed by atoms with Gasteiger partial charge in [0.1, 0.15) is 15.7 Å². The summed E-state index contributed by atoms with van der Waals surface area (Å²) in [6.07, 6.45) is 0.716. The van der Waals surface area contributed by atoms with Crippen LogP contribution in [0.2, 0.25) is 0 Å². The Morgan fingerprint density at radius 3 is 2.55 bits per heavy atom. The van der Waals surface area contributed by atoms with Crippen molar-refractivity contribution in [2.45, 2.75) is 25.8 Å². The summed E-state index contributed by atoms with van der Waals surface area (Å²) in [5, 5.41) is 2.67. The Balaban J connectivity index is 2.10. The zero-order valence-electron chi connectivity index (χ0n) is 11.1. The monoisotopic (exact) mass is 300 g/mol. The molecule has 0 saturated carbocycles. The van der Waals surface area contributed by atoms with Crippen LogP contribution < -0.4 is 11.1 Å². The predicted molar refractivity (Wildman–Crippen MR) is 74.7 cm³/mol. The number of nitrogen functional groups attached to an aromatic ring is 1. The van der Waals surface area contributed by atoms with Gasteiger partial charge in [0.15, 0.2) is 0 Å². The van der Waals surface area contributed by atoms with Crippen molar-refractivity contribution in [1.82, 2.24) is 5.32 Å². The fourth-order valence-electron chi connectivity index (χ4n) is 2.26. The number of nitrogens with two attached hydrogens (primary N) is 1. The summed E-state index contributed by atoms with van der Waals surface area (Å²) >= 11 is 0. The molecule has 0 aliphatic carbocycles. The average Bonchev–Trinajstić information content (AvgIpc) is 2.36. The van der Waals surface area contributed by atoms with Gasteiger partial charge in [0, 0.05) is 11.7 Å². The Morgan fingerprint density at radius 1 is 1.35 bits per heavy atom. The van der Waals surface area contributed by atoms with Gasteiger partial charge in [-0.1, -0.05) is 0 Å². The van der Waals surface area contributed by atoms with E-state index in [2.05, 4.69) is 5.32 Å². The quantitative estimate of drug-likeness (QED) is 0.798. The number of nitrogens with one attached hydrogen (secondary N) is 1. The largest absolute Gasteiger partial charge is 0.399 e. The molecular formula is C13H17FN2O3S. The normalized spacial score (nSPS) is 18.7. The molecule has 7 heteroatoms. The van der Waals surface area contributed by atoms with Crippen LogP contribution >= 0.6 is 0 Å². The number of amides is 1. The second-order valence-electron chi connectivity index (χ2n) is 5.10. The summed E-state index contributed by atoms with van der Waals surface area (Å²) in [6.45, 7) is 1.54. The molecule has 1 heterocycles. The summed E-state index contributed by atoms with van der Waals surface area (Å²) in [4.78, 5) is 12.0. The standard InChI is InChI=1S/C13H17FN2O3S/c1-8-6-9(15)7-11(12(8)14)13(17)16-10-2-4-20(18,19)5-3-10/h6-7,10H,2-5,15H2,1H3,(H,16,17). The number of halogens is 1. The highest BCUT2D eigenvalue weighted by Gasteiger charge is 2.26. The Kier molecular flexibility index (Phi) is 3.99. The van der Waals surface area contributed by atoms with E-state index in [-0.39, 0.29) is 23.1 Å². The smallest absolute Gasteiger partial charge is 0.254 e. The van der Waals surface area contributed by atoms with Gasteiger partial charge in [-0.05, 0) is 37.5 Å². The maximum atomic E-state index is 13.9. The molecule has 0 aromatic heterocycles. The summed E-state index contributed by atoms with van der Waals surface area (Å²) in [7, 11) is -2.98. The van der Waals surface area contributed by atoms with Crippen LogP contribution in [0.15, 0.2) is 12.1 Å². The maximum Gasteiger partial charge on any atom is 0.254 e. The van der Waals surface area contributed by atoms with Crippen molar-refractivity contribution in [3.05, 3.63) is 29.1 Å². The molecule has 1 aliphatic rings. The number of aryl methyl sites for hydroxylation is 1. The van der Waals surface area contributed by atoms with E-state index in [1.165, 1.54) is 19.1 Å². The number of sulfone groups is 1. The third kappa shape index (κ3) is 3.27. The molecule has 110 valence electrons. The molecule has 5 nitrogen and oxygen atoms in total. The zero-order valence-corrected chi connectivity index (χ0v) is 12.0. The van der Waals surface area contributed by atoms with Gasteiger partial charge in [-0.25, -0.2) is 12.8 Å². The van der Waals surface area contributed by atoms with Crippen LogP contribution in [0, 0.1) is 12.7 Å². The minimum atomic E-state index is -2.98. The number of hydrogen-bond donors (Lipinski definition) is 2. The molecule has 2 rings (SSSR count). The Bertz CT molecular complexity index is 629. The van der Waals surface area contributed by atoms with Gasteiger partial charge in [0.25, 0.3) is 5.91 Å². The molecular weight excluding hydrogens is 283 g/mol. The SMILES string of the molecule is Cc1cc(N)cc(C(=O)NC2CCS(=O)(=O)CC2)c1F. The Morgan fingerprint density at radius 2 is 1.95 bits per heavy atom. The van der Waals surface area contributed by atoms with Crippen molar-refractivity contribution in [1.29, 1.82) is 0 Å². The molecule has 0 bridgehead atoms. The fourth-order valence-corrected chi connectivity index (χ4v) is 3.75. The lowest BCUT2D eigenvalue weighted by atomic mass is 10.1. The zero-order chi connectivity index (χ0) is 14.9.